The minimum Gasteiger partial charge on any atom is -0.437 e. The number of benzene rings is 2. The normalized spacial score (nSPS) is 14.2. The van der Waals surface area contributed by atoms with Gasteiger partial charge in [0.05, 0.1) is 16.8 Å². The van der Waals surface area contributed by atoms with Gasteiger partial charge in [-0.3, -0.25) is 9.40 Å². The van der Waals surface area contributed by atoms with Gasteiger partial charge in [-0.1, -0.05) is 41.9 Å². The Labute approximate surface area is 220 Å². The second-order valence-electron chi connectivity index (χ2n) is 8.77. The average molecular weight is 522 g/mol. The van der Waals surface area contributed by atoms with E-state index >= 15 is 0 Å². The van der Waals surface area contributed by atoms with Gasteiger partial charge in [-0.2, -0.15) is 10.1 Å². The van der Waals surface area contributed by atoms with E-state index in [2.05, 4.69) is 37.7 Å². The smallest absolute Gasteiger partial charge is 0.243 e. The van der Waals surface area contributed by atoms with Crippen LogP contribution < -0.4 is 14.4 Å². The maximum absolute atomic E-state index is 6.85. The molecule has 0 amide bonds. The molecule has 0 aliphatic carbocycles. The number of likely N-dealkylation sites (N-methyl/N-ethyl adjacent to an activating group) is 1. The summed E-state index contributed by atoms with van der Waals surface area (Å²) in [5.41, 5.74) is 3.72. The third-order valence-electron chi connectivity index (χ3n) is 6.06. The van der Waals surface area contributed by atoms with Crippen LogP contribution in [0.1, 0.15) is 5.56 Å². The van der Waals surface area contributed by atoms with E-state index in [1.54, 1.807) is 10.9 Å². The first-order valence-corrected chi connectivity index (χ1v) is 12.9. The molecule has 10 heteroatoms. The summed E-state index contributed by atoms with van der Waals surface area (Å²) in [5, 5.41) is 4.57. The van der Waals surface area contributed by atoms with Crippen molar-refractivity contribution in [3.63, 3.8) is 0 Å². The van der Waals surface area contributed by atoms with Gasteiger partial charge >= 0.3 is 0 Å². The van der Waals surface area contributed by atoms with Gasteiger partial charge < -0.3 is 14.5 Å². The number of piperazine rings is 1. The summed E-state index contributed by atoms with van der Waals surface area (Å²) in [6.45, 7) is 6.06. The number of hydrogen-bond donors (Lipinski definition) is 1. The van der Waals surface area contributed by atoms with Crippen LogP contribution in [-0.2, 0) is 7.05 Å². The first kappa shape index (κ1) is 24.4. The maximum Gasteiger partial charge on any atom is 0.243 e. The molecule has 0 bridgehead atoms. The fourth-order valence-corrected chi connectivity index (χ4v) is 4.86. The van der Waals surface area contributed by atoms with Gasteiger partial charge in [0, 0.05) is 56.7 Å². The average Bonchev–Trinajstić information content (AvgIpc) is 3.30. The van der Waals surface area contributed by atoms with Crippen LogP contribution in [0.4, 0.5) is 11.6 Å². The minimum absolute atomic E-state index is 0.301. The largest absolute Gasteiger partial charge is 0.437 e. The Balaban J connectivity index is 1.46. The number of aromatic nitrogens is 4. The summed E-state index contributed by atoms with van der Waals surface area (Å²) in [7, 11) is 4.03. The Morgan fingerprint density at radius 3 is 2.56 bits per heavy atom. The van der Waals surface area contributed by atoms with Gasteiger partial charge in [0.1, 0.15) is 10.8 Å². The van der Waals surface area contributed by atoms with E-state index in [0.29, 0.717) is 28.3 Å². The molecule has 0 unspecified atom stereocenters. The highest BCUT2D eigenvalue weighted by Crippen LogP contribution is 2.38. The fourth-order valence-electron chi connectivity index (χ4n) is 4.03. The van der Waals surface area contributed by atoms with Gasteiger partial charge in [-0.15, -0.1) is 0 Å². The van der Waals surface area contributed by atoms with Crippen LogP contribution in [0.25, 0.3) is 11.3 Å². The molecule has 1 fully saturated rings. The lowest BCUT2D eigenvalue weighted by atomic mass is 10.1. The van der Waals surface area contributed by atoms with Crippen LogP contribution in [0.5, 0.6) is 11.6 Å². The Morgan fingerprint density at radius 2 is 1.81 bits per heavy atom. The van der Waals surface area contributed by atoms with E-state index in [1.165, 1.54) is 11.9 Å². The zero-order chi connectivity index (χ0) is 25.1. The Morgan fingerprint density at radius 1 is 1.00 bits per heavy atom. The number of ether oxygens (including phenoxy) is 1. The fraction of sp³-hybridized carbons (Fsp3) is 0.269. The van der Waals surface area contributed by atoms with E-state index in [4.69, 9.17) is 21.3 Å². The van der Waals surface area contributed by atoms with Crippen molar-refractivity contribution in [2.45, 2.75) is 11.8 Å². The number of aryl methyl sites for hydroxylation is 2. The Kier molecular flexibility index (Phi) is 7.31. The van der Waals surface area contributed by atoms with Crippen LogP contribution in [0.3, 0.4) is 0 Å². The molecule has 4 aromatic rings. The van der Waals surface area contributed by atoms with Crippen molar-refractivity contribution in [1.82, 2.24) is 24.6 Å². The quantitative estimate of drug-likeness (QED) is 0.319. The third-order valence-corrected chi connectivity index (χ3v) is 7.13. The molecule has 36 heavy (non-hydrogen) atoms. The molecule has 1 aliphatic rings. The number of halogens is 1. The molecule has 3 heterocycles. The van der Waals surface area contributed by atoms with Crippen molar-refractivity contribution in [2.24, 2.45) is 7.05 Å². The summed E-state index contributed by atoms with van der Waals surface area (Å²) in [5.74, 6) is 1.38. The van der Waals surface area contributed by atoms with Gasteiger partial charge in [0.15, 0.2) is 0 Å². The Hall–Kier alpha value is -3.27. The molecule has 2 aromatic carbocycles. The van der Waals surface area contributed by atoms with E-state index in [9.17, 15) is 0 Å². The highest BCUT2D eigenvalue weighted by Gasteiger charge is 2.19. The predicted molar refractivity (Wildman–Crippen MR) is 146 cm³/mol. The zero-order valence-electron chi connectivity index (χ0n) is 20.5. The van der Waals surface area contributed by atoms with Crippen molar-refractivity contribution < 1.29 is 4.74 Å². The number of nitrogens with zero attached hydrogens (tertiary/aromatic N) is 6. The molecule has 0 spiro atoms. The molecule has 1 aliphatic heterocycles. The van der Waals surface area contributed by atoms with Crippen LogP contribution in [0.2, 0.25) is 5.02 Å². The predicted octanol–water partition coefficient (Wildman–Crippen LogP) is 5.50. The molecule has 0 saturated carbocycles. The van der Waals surface area contributed by atoms with E-state index in [1.807, 2.05) is 62.6 Å². The van der Waals surface area contributed by atoms with E-state index in [-0.39, 0.29) is 0 Å². The number of nitrogens with one attached hydrogen (secondary N) is 1. The van der Waals surface area contributed by atoms with Crippen molar-refractivity contribution >= 4 is 35.2 Å². The standard InChI is InChI=1S/C26H28ClN7OS/c1-18-7-4-5-10-22(18)24-23(27)25(30-26(29-24)31-36-21-16-28-33(3)17-21)35-20-9-6-8-19(15-20)34-13-11-32(2)12-14-34/h4-10,15-17H,11-14H2,1-3H3,(H,29,30,31). The molecule has 0 atom stereocenters. The van der Waals surface area contributed by atoms with Gasteiger partial charge in [0.25, 0.3) is 0 Å². The molecule has 2 aromatic heterocycles. The summed E-state index contributed by atoms with van der Waals surface area (Å²) in [6, 6.07) is 16.1. The van der Waals surface area contributed by atoms with Crippen LogP contribution >= 0.6 is 23.5 Å². The minimum atomic E-state index is 0.301. The second kappa shape index (κ2) is 10.8. The Bertz CT molecular complexity index is 1350. The molecule has 1 saturated heterocycles. The molecule has 5 rings (SSSR count). The molecular formula is C26H28ClN7OS. The van der Waals surface area contributed by atoms with Crippen LogP contribution in [-0.4, -0.2) is 57.9 Å². The lowest BCUT2D eigenvalue weighted by Crippen LogP contribution is -2.44. The van der Waals surface area contributed by atoms with Crippen LogP contribution in [0, 0.1) is 6.92 Å². The number of hydrogen-bond acceptors (Lipinski definition) is 8. The van der Waals surface area contributed by atoms with E-state index < -0.39 is 0 Å². The first-order valence-electron chi connectivity index (χ1n) is 11.7. The number of anilines is 2. The molecule has 0 radical (unpaired) electrons. The summed E-state index contributed by atoms with van der Waals surface area (Å²) in [6.07, 6.45) is 3.69. The van der Waals surface area contributed by atoms with E-state index in [0.717, 1.165) is 47.9 Å². The first-order chi connectivity index (χ1) is 17.5. The summed E-state index contributed by atoms with van der Waals surface area (Å²) < 4.78 is 11.2. The number of rotatable bonds is 7. The monoisotopic (exact) mass is 521 g/mol. The topological polar surface area (TPSA) is 71.3 Å². The van der Waals surface area contributed by atoms with Crippen molar-refractivity contribution in [1.29, 1.82) is 0 Å². The SMILES string of the molecule is Cc1ccccc1-c1nc(NSc2cnn(C)c2)nc(Oc2cccc(N3CCN(C)CC3)c2)c1Cl. The highest BCUT2D eigenvalue weighted by atomic mass is 35.5. The summed E-state index contributed by atoms with van der Waals surface area (Å²) >= 11 is 8.23. The lowest BCUT2D eigenvalue weighted by molar-refractivity contribution is 0.312. The molecule has 186 valence electrons. The van der Waals surface area contributed by atoms with Crippen LogP contribution in [0.15, 0.2) is 65.8 Å². The molecule has 1 N–H and O–H groups in total. The third kappa shape index (κ3) is 5.59. The van der Waals surface area contributed by atoms with Gasteiger partial charge in [0.2, 0.25) is 11.8 Å². The van der Waals surface area contributed by atoms with Crippen molar-refractivity contribution in [3.8, 4) is 22.9 Å². The molecular weight excluding hydrogens is 494 g/mol. The van der Waals surface area contributed by atoms with Gasteiger partial charge in [-0.25, -0.2) is 4.98 Å². The van der Waals surface area contributed by atoms with Gasteiger partial charge in [-0.05, 0) is 43.6 Å². The van der Waals surface area contributed by atoms with Crippen molar-refractivity contribution in [2.75, 3.05) is 42.8 Å². The zero-order valence-corrected chi connectivity index (χ0v) is 22.1. The summed E-state index contributed by atoms with van der Waals surface area (Å²) in [4.78, 5) is 15.0. The maximum atomic E-state index is 6.85. The second-order valence-corrected chi connectivity index (χ2v) is 10.0. The van der Waals surface area contributed by atoms with Crippen molar-refractivity contribution in [3.05, 3.63) is 71.5 Å². The highest BCUT2D eigenvalue weighted by molar-refractivity contribution is 8.00. The lowest BCUT2D eigenvalue weighted by Gasteiger charge is -2.34. The molecule has 8 nitrogen and oxygen atoms in total.